The van der Waals surface area contributed by atoms with Crippen LogP contribution in [-0.2, 0) is 11.3 Å². The minimum absolute atomic E-state index is 0.294. The van der Waals surface area contributed by atoms with Gasteiger partial charge in [0, 0.05) is 25.4 Å². The van der Waals surface area contributed by atoms with E-state index in [1.165, 1.54) is 38.5 Å². The summed E-state index contributed by atoms with van der Waals surface area (Å²) < 4.78 is 5.83. The van der Waals surface area contributed by atoms with E-state index >= 15 is 0 Å². The van der Waals surface area contributed by atoms with Gasteiger partial charge in [0.25, 0.3) is 0 Å². The van der Waals surface area contributed by atoms with Crippen molar-refractivity contribution in [1.82, 2.24) is 15.2 Å². The molecule has 132 valence electrons. The molecular formula is C19H29N3OS. The van der Waals surface area contributed by atoms with Crippen molar-refractivity contribution in [1.29, 1.82) is 0 Å². The van der Waals surface area contributed by atoms with Gasteiger partial charge in [-0.3, -0.25) is 4.98 Å². The first-order valence-electron chi connectivity index (χ1n) is 9.38. The van der Waals surface area contributed by atoms with E-state index < -0.39 is 0 Å². The Labute approximate surface area is 151 Å². The Kier molecular flexibility index (Phi) is 6.85. The second-order valence-electron chi connectivity index (χ2n) is 6.97. The van der Waals surface area contributed by atoms with Gasteiger partial charge < -0.3 is 15.0 Å². The number of thiocarbonyl (C=S) groups is 1. The van der Waals surface area contributed by atoms with E-state index in [0.29, 0.717) is 12.1 Å². The Morgan fingerprint density at radius 3 is 2.67 bits per heavy atom. The van der Waals surface area contributed by atoms with E-state index in [2.05, 4.69) is 21.3 Å². The van der Waals surface area contributed by atoms with Crippen LogP contribution in [0.3, 0.4) is 0 Å². The lowest BCUT2D eigenvalue weighted by atomic mass is 10.1. The third kappa shape index (κ3) is 5.42. The number of pyridine rings is 1. The highest BCUT2D eigenvalue weighted by Crippen LogP contribution is 2.19. The fraction of sp³-hybridized carbons (Fsp3) is 0.684. The quantitative estimate of drug-likeness (QED) is 0.650. The van der Waals surface area contributed by atoms with Crippen molar-refractivity contribution in [3.63, 3.8) is 0 Å². The molecule has 1 aromatic rings. The summed E-state index contributed by atoms with van der Waals surface area (Å²) in [5.41, 5.74) is 1.06. The Hall–Kier alpha value is -1.20. The van der Waals surface area contributed by atoms with E-state index in [1.54, 1.807) is 0 Å². The molecule has 3 rings (SSSR count). The van der Waals surface area contributed by atoms with Crippen LogP contribution in [0.1, 0.15) is 57.1 Å². The summed E-state index contributed by atoms with van der Waals surface area (Å²) in [6.07, 6.45) is 12.2. The molecule has 24 heavy (non-hydrogen) atoms. The summed E-state index contributed by atoms with van der Waals surface area (Å²) in [6, 6.07) is 6.58. The van der Waals surface area contributed by atoms with Gasteiger partial charge in [-0.2, -0.15) is 0 Å². The molecule has 0 spiro atoms. The number of hydrogen-bond acceptors (Lipinski definition) is 3. The zero-order chi connectivity index (χ0) is 16.6. The first kappa shape index (κ1) is 17.6. The summed E-state index contributed by atoms with van der Waals surface area (Å²) in [7, 11) is 0. The fourth-order valence-corrected chi connectivity index (χ4v) is 3.94. The predicted octanol–water partition coefficient (Wildman–Crippen LogP) is 3.66. The van der Waals surface area contributed by atoms with Crippen molar-refractivity contribution in [2.24, 2.45) is 0 Å². The molecule has 1 N–H and O–H groups in total. The lowest BCUT2D eigenvalue weighted by Crippen LogP contribution is -2.46. The Morgan fingerprint density at radius 2 is 2.00 bits per heavy atom. The van der Waals surface area contributed by atoms with Crippen LogP contribution in [-0.4, -0.2) is 40.3 Å². The molecule has 1 saturated heterocycles. The summed E-state index contributed by atoms with van der Waals surface area (Å²) in [5, 5.41) is 4.49. The third-order valence-electron chi connectivity index (χ3n) is 5.00. The number of rotatable bonds is 5. The fourth-order valence-electron chi connectivity index (χ4n) is 3.63. The highest BCUT2D eigenvalue weighted by Gasteiger charge is 2.23. The molecule has 0 amide bonds. The maximum absolute atomic E-state index is 5.83. The molecule has 1 atom stereocenters. The molecule has 2 heterocycles. The predicted molar refractivity (Wildman–Crippen MR) is 101 cm³/mol. The van der Waals surface area contributed by atoms with Crippen molar-refractivity contribution in [2.45, 2.75) is 70.1 Å². The maximum Gasteiger partial charge on any atom is 0.169 e. The van der Waals surface area contributed by atoms with Gasteiger partial charge >= 0.3 is 0 Å². The average Bonchev–Trinajstić information content (AvgIpc) is 2.98. The molecule has 5 heteroatoms. The molecule has 0 aromatic carbocycles. The van der Waals surface area contributed by atoms with Crippen molar-refractivity contribution in [3.05, 3.63) is 30.1 Å². The van der Waals surface area contributed by atoms with E-state index in [4.69, 9.17) is 17.0 Å². The van der Waals surface area contributed by atoms with Crippen molar-refractivity contribution in [2.75, 3.05) is 13.2 Å². The van der Waals surface area contributed by atoms with E-state index in [1.807, 2.05) is 18.3 Å². The van der Waals surface area contributed by atoms with Crippen LogP contribution in [0.25, 0.3) is 0 Å². The Balaban J connectivity index is 1.61. The number of aromatic nitrogens is 1. The Bertz CT molecular complexity index is 497. The lowest BCUT2D eigenvalue weighted by molar-refractivity contribution is 0.0893. The standard InChI is InChI=1S/C19H29N3OS/c24-19(21-16-8-3-1-2-4-9-16)22(15-18-11-7-13-23-18)14-17-10-5-6-12-20-17/h5-6,10,12,16,18H,1-4,7-9,11,13-15H2,(H,21,24)/t18-/m1/s1. The molecule has 4 nitrogen and oxygen atoms in total. The van der Waals surface area contributed by atoms with Gasteiger partial charge in [-0.05, 0) is 50.0 Å². The van der Waals surface area contributed by atoms with Crippen LogP contribution >= 0.6 is 12.2 Å². The SMILES string of the molecule is S=C(NC1CCCCCC1)N(Cc1ccccn1)C[C@H]1CCCO1. The van der Waals surface area contributed by atoms with Crippen LogP contribution in [0.4, 0.5) is 0 Å². The van der Waals surface area contributed by atoms with E-state index in [9.17, 15) is 0 Å². The normalized spacial score (nSPS) is 22.1. The van der Waals surface area contributed by atoms with Crippen molar-refractivity contribution in [3.8, 4) is 0 Å². The van der Waals surface area contributed by atoms with Gasteiger partial charge in [0.1, 0.15) is 0 Å². The van der Waals surface area contributed by atoms with Gasteiger partial charge in [0.05, 0.1) is 18.3 Å². The number of hydrogen-bond donors (Lipinski definition) is 1. The largest absolute Gasteiger partial charge is 0.376 e. The van der Waals surface area contributed by atoms with Crippen LogP contribution < -0.4 is 5.32 Å². The molecule has 1 aliphatic carbocycles. The lowest BCUT2D eigenvalue weighted by Gasteiger charge is -2.30. The zero-order valence-electron chi connectivity index (χ0n) is 14.5. The van der Waals surface area contributed by atoms with Crippen LogP contribution in [0.2, 0.25) is 0 Å². The minimum Gasteiger partial charge on any atom is -0.376 e. The van der Waals surface area contributed by atoms with Crippen LogP contribution in [0, 0.1) is 0 Å². The smallest absolute Gasteiger partial charge is 0.169 e. The molecular weight excluding hydrogens is 318 g/mol. The molecule has 1 aromatic heterocycles. The zero-order valence-corrected chi connectivity index (χ0v) is 15.3. The average molecular weight is 348 g/mol. The van der Waals surface area contributed by atoms with Crippen LogP contribution in [0.5, 0.6) is 0 Å². The number of ether oxygens (including phenoxy) is 1. The van der Waals surface area contributed by atoms with Gasteiger partial charge in [-0.1, -0.05) is 31.7 Å². The van der Waals surface area contributed by atoms with Crippen molar-refractivity contribution < 1.29 is 4.74 Å². The third-order valence-corrected chi connectivity index (χ3v) is 5.37. The molecule has 2 aliphatic rings. The molecule has 1 saturated carbocycles. The topological polar surface area (TPSA) is 37.4 Å². The summed E-state index contributed by atoms with van der Waals surface area (Å²) in [5.74, 6) is 0. The number of nitrogens with one attached hydrogen (secondary N) is 1. The van der Waals surface area contributed by atoms with Gasteiger partial charge in [-0.15, -0.1) is 0 Å². The first-order chi connectivity index (χ1) is 11.8. The summed E-state index contributed by atoms with van der Waals surface area (Å²) in [4.78, 5) is 6.72. The van der Waals surface area contributed by atoms with Crippen LogP contribution in [0.15, 0.2) is 24.4 Å². The summed E-state index contributed by atoms with van der Waals surface area (Å²) >= 11 is 5.77. The second-order valence-corrected chi connectivity index (χ2v) is 7.36. The molecule has 0 bridgehead atoms. The van der Waals surface area contributed by atoms with Gasteiger partial charge in [0.2, 0.25) is 0 Å². The monoisotopic (exact) mass is 347 g/mol. The van der Waals surface area contributed by atoms with E-state index in [0.717, 1.165) is 43.3 Å². The van der Waals surface area contributed by atoms with Crippen molar-refractivity contribution >= 4 is 17.3 Å². The van der Waals surface area contributed by atoms with E-state index in [-0.39, 0.29) is 0 Å². The highest BCUT2D eigenvalue weighted by molar-refractivity contribution is 7.80. The highest BCUT2D eigenvalue weighted by atomic mass is 32.1. The molecule has 2 fully saturated rings. The molecule has 0 radical (unpaired) electrons. The summed E-state index contributed by atoms with van der Waals surface area (Å²) in [6.45, 7) is 2.49. The number of nitrogens with zero attached hydrogens (tertiary/aromatic N) is 2. The maximum atomic E-state index is 5.83. The molecule has 1 aliphatic heterocycles. The van der Waals surface area contributed by atoms with Gasteiger partial charge in [0.15, 0.2) is 5.11 Å². The molecule has 0 unspecified atom stereocenters. The van der Waals surface area contributed by atoms with Gasteiger partial charge in [-0.25, -0.2) is 0 Å². The first-order valence-corrected chi connectivity index (χ1v) is 9.79. The second kappa shape index (κ2) is 9.33. The minimum atomic E-state index is 0.294. The Morgan fingerprint density at radius 1 is 1.17 bits per heavy atom.